The van der Waals surface area contributed by atoms with E-state index in [0.717, 1.165) is 17.1 Å². The molecule has 8 aromatic carbocycles. The second-order valence-electron chi connectivity index (χ2n) is 15.7. The third-order valence-corrected chi connectivity index (χ3v) is 12.6. The molecule has 0 aliphatic heterocycles. The van der Waals surface area contributed by atoms with Crippen molar-refractivity contribution in [1.82, 2.24) is 0 Å². The number of anilines is 3. The molecular weight excluding hydrogens is 651 g/mol. The lowest BCUT2D eigenvalue weighted by Gasteiger charge is -2.33. The molecular formula is C53H39N. The van der Waals surface area contributed by atoms with Crippen molar-refractivity contribution in [3.8, 4) is 44.5 Å². The van der Waals surface area contributed by atoms with E-state index in [4.69, 9.17) is 0 Å². The quantitative estimate of drug-likeness (QED) is 0.178. The van der Waals surface area contributed by atoms with Crippen LogP contribution in [-0.2, 0) is 10.8 Å². The van der Waals surface area contributed by atoms with E-state index in [-0.39, 0.29) is 5.41 Å². The Hall–Kier alpha value is -6.44. The molecule has 0 atom stereocenters. The van der Waals surface area contributed by atoms with Crippen LogP contribution < -0.4 is 4.90 Å². The topological polar surface area (TPSA) is 3.24 Å². The van der Waals surface area contributed by atoms with Crippen LogP contribution in [0.4, 0.5) is 17.1 Å². The van der Waals surface area contributed by atoms with Crippen LogP contribution in [-0.4, -0.2) is 0 Å². The lowest BCUT2D eigenvalue weighted by molar-refractivity contribution is 0.660. The third kappa shape index (κ3) is 4.10. The smallest absolute Gasteiger partial charge is 0.0726 e. The lowest BCUT2D eigenvalue weighted by atomic mass is 9.70. The number of aryl methyl sites for hydroxylation is 1. The first-order valence-corrected chi connectivity index (χ1v) is 19.1. The molecule has 0 aromatic heterocycles. The van der Waals surface area contributed by atoms with Crippen molar-refractivity contribution in [2.45, 2.75) is 31.6 Å². The second kappa shape index (κ2) is 11.3. The molecule has 0 saturated carbocycles. The number of fused-ring (bicyclic) bond motifs is 13. The molecule has 11 rings (SSSR count). The summed E-state index contributed by atoms with van der Waals surface area (Å²) in [5.74, 6) is 0. The third-order valence-electron chi connectivity index (χ3n) is 12.6. The Morgan fingerprint density at radius 1 is 0.352 bits per heavy atom. The van der Waals surface area contributed by atoms with Crippen molar-refractivity contribution < 1.29 is 0 Å². The Morgan fingerprint density at radius 3 is 1.41 bits per heavy atom. The highest BCUT2D eigenvalue weighted by atomic mass is 15.1. The van der Waals surface area contributed by atoms with E-state index in [9.17, 15) is 0 Å². The largest absolute Gasteiger partial charge is 0.310 e. The normalized spacial score (nSPS) is 14.5. The maximum absolute atomic E-state index is 2.51. The van der Waals surface area contributed by atoms with Gasteiger partial charge in [0.05, 0.1) is 11.1 Å². The van der Waals surface area contributed by atoms with Gasteiger partial charge in [0.2, 0.25) is 0 Å². The molecule has 3 aliphatic carbocycles. The Morgan fingerprint density at radius 2 is 0.796 bits per heavy atom. The predicted octanol–water partition coefficient (Wildman–Crippen LogP) is 13.8. The van der Waals surface area contributed by atoms with Gasteiger partial charge in [0.15, 0.2) is 0 Å². The first kappa shape index (κ1) is 31.1. The average molecular weight is 690 g/mol. The van der Waals surface area contributed by atoms with Crippen LogP contribution in [0.5, 0.6) is 0 Å². The first-order valence-electron chi connectivity index (χ1n) is 19.1. The van der Waals surface area contributed by atoms with Crippen molar-refractivity contribution in [1.29, 1.82) is 0 Å². The number of nitrogens with zero attached hydrogens (tertiary/aromatic N) is 1. The summed E-state index contributed by atoms with van der Waals surface area (Å²) in [6.45, 7) is 6.87. The van der Waals surface area contributed by atoms with Crippen molar-refractivity contribution >= 4 is 17.1 Å². The van der Waals surface area contributed by atoms with Crippen LogP contribution >= 0.6 is 0 Å². The van der Waals surface area contributed by atoms with E-state index in [1.54, 1.807) is 0 Å². The highest BCUT2D eigenvalue weighted by Gasteiger charge is 2.51. The molecule has 0 saturated heterocycles. The molecule has 1 spiro atoms. The average Bonchev–Trinajstić information content (AvgIpc) is 3.77. The minimum Gasteiger partial charge on any atom is -0.310 e. The van der Waals surface area contributed by atoms with Crippen LogP contribution in [0, 0.1) is 6.92 Å². The number of para-hydroxylation sites is 1. The predicted molar refractivity (Wildman–Crippen MR) is 225 cm³/mol. The zero-order chi connectivity index (χ0) is 36.2. The van der Waals surface area contributed by atoms with Crippen LogP contribution in [0.15, 0.2) is 182 Å². The summed E-state index contributed by atoms with van der Waals surface area (Å²) in [4.78, 5) is 2.51. The number of hydrogen-bond acceptors (Lipinski definition) is 1. The van der Waals surface area contributed by atoms with Gasteiger partial charge in [-0.3, -0.25) is 0 Å². The van der Waals surface area contributed by atoms with Crippen molar-refractivity contribution in [2.24, 2.45) is 0 Å². The summed E-state index contributed by atoms with van der Waals surface area (Å²) in [6, 6.07) is 68.4. The molecule has 8 aromatic rings. The molecule has 0 N–H and O–H groups in total. The van der Waals surface area contributed by atoms with Gasteiger partial charge < -0.3 is 4.90 Å². The van der Waals surface area contributed by atoms with Crippen LogP contribution in [0.25, 0.3) is 44.5 Å². The van der Waals surface area contributed by atoms with Gasteiger partial charge in [-0.1, -0.05) is 171 Å². The van der Waals surface area contributed by atoms with Gasteiger partial charge >= 0.3 is 0 Å². The van der Waals surface area contributed by atoms with Gasteiger partial charge in [-0.15, -0.1) is 0 Å². The minimum atomic E-state index is -0.418. The number of rotatable bonds is 4. The molecule has 256 valence electrons. The zero-order valence-electron chi connectivity index (χ0n) is 30.8. The van der Waals surface area contributed by atoms with E-state index in [1.165, 1.54) is 83.5 Å². The molecule has 0 bridgehead atoms. The van der Waals surface area contributed by atoms with Gasteiger partial charge in [0.25, 0.3) is 0 Å². The summed E-state index contributed by atoms with van der Waals surface area (Å²) in [5.41, 5.74) is 22.7. The molecule has 0 unspecified atom stereocenters. The fourth-order valence-electron chi connectivity index (χ4n) is 10.1. The maximum Gasteiger partial charge on any atom is 0.0726 e. The Kier molecular flexibility index (Phi) is 6.50. The Balaban J connectivity index is 1.20. The van der Waals surface area contributed by atoms with Crippen molar-refractivity contribution in [2.75, 3.05) is 4.90 Å². The highest BCUT2D eigenvalue weighted by Crippen LogP contribution is 2.63. The van der Waals surface area contributed by atoms with E-state index in [2.05, 4.69) is 208 Å². The van der Waals surface area contributed by atoms with E-state index in [0.29, 0.717) is 0 Å². The van der Waals surface area contributed by atoms with Crippen LogP contribution in [0.3, 0.4) is 0 Å². The standard InChI is InChI=1S/C53H39N/c1-34-24-26-35(27-25-34)38-14-8-13-23-51(38)54(36-29-31-46-44(32-36)42-18-4-9-19-45(42)52(46,2)3)37-28-30-43-41-17-7-12-22-49(41)53(50(43)33-37)47-20-10-5-15-39(47)40-16-6-11-21-48(40)53/h4-33H,1-3H3. The number of benzene rings is 8. The van der Waals surface area contributed by atoms with Gasteiger partial charge in [0.1, 0.15) is 0 Å². The monoisotopic (exact) mass is 689 g/mol. The highest BCUT2D eigenvalue weighted by molar-refractivity contribution is 5.97. The van der Waals surface area contributed by atoms with Gasteiger partial charge in [-0.2, -0.15) is 0 Å². The molecule has 1 nitrogen and oxygen atoms in total. The SMILES string of the molecule is Cc1ccc(-c2ccccc2N(c2ccc3c(c2)-c2ccccc2C3(C)C)c2ccc3c(c2)C2(c4ccccc4-c4ccccc42)c2ccccc2-3)cc1. The van der Waals surface area contributed by atoms with Crippen molar-refractivity contribution in [3.05, 3.63) is 221 Å². The fraction of sp³-hybridized carbons (Fsp3) is 0.0943. The van der Waals surface area contributed by atoms with Gasteiger partial charge in [-0.05, 0) is 110 Å². The second-order valence-corrected chi connectivity index (χ2v) is 15.7. The zero-order valence-corrected chi connectivity index (χ0v) is 30.8. The Labute approximate surface area is 317 Å². The molecule has 0 amide bonds. The Bertz CT molecular complexity index is 2750. The summed E-state index contributed by atoms with van der Waals surface area (Å²) in [7, 11) is 0. The number of hydrogen-bond donors (Lipinski definition) is 0. The summed E-state index contributed by atoms with van der Waals surface area (Å²) >= 11 is 0. The van der Waals surface area contributed by atoms with E-state index in [1.807, 2.05) is 0 Å². The van der Waals surface area contributed by atoms with E-state index >= 15 is 0 Å². The van der Waals surface area contributed by atoms with Crippen LogP contribution in [0.1, 0.15) is 52.8 Å². The molecule has 0 heterocycles. The summed E-state index contributed by atoms with van der Waals surface area (Å²) in [6.07, 6.45) is 0. The molecule has 54 heavy (non-hydrogen) atoms. The van der Waals surface area contributed by atoms with E-state index < -0.39 is 5.41 Å². The van der Waals surface area contributed by atoms with Crippen molar-refractivity contribution in [3.63, 3.8) is 0 Å². The lowest BCUT2D eigenvalue weighted by Crippen LogP contribution is -2.26. The molecule has 1 heteroatoms. The van der Waals surface area contributed by atoms with Gasteiger partial charge in [0, 0.05) is 22.4 Å². The summed E-state index contributed by atoms with van der Waals surface area (Å²) < 4.78 is 0. The molecule has 0 fully saturated rings. The fourth-order valence-corrected chi connectivity index (χ4v) is 10.1. The maximum atomic E-state index is 2.51. The first-order chi connectivity index (χ1) is 26.5. The molecule has 3 aliphatic rings. The van der Waals surface area contributed by atoms with Crippen LogP contribution in [0.2, 0.25) is 0 Å². The molecule has 0 radical (unpaired) electrons. The summed E-state index contributed by atoms with van der Waals surface area (Å²) in [5, 5.41) is 0. The van der Waals surface area contributed by atoms with Gasteiger partial charge in [-0.25, -0.2) is 0 Å². The minimum absolute atomic E-state index is 0.0654.